The second kappa shape index (κ2) is 7.88. The third kappa shape index (κ3) is 3.61. The summed E-state index contributed by atoms with van der Waals surface area (Å²) in [7, 11) is 0. The first-order valence-electron chi connectivity index (χ1n) is 10.6. The van der Waals surface area contributed by atoms with E-state index in [4.69, 9.17) is 4.74 Å². The number of ether oxygens (including phenoxy) is 1. The van der Waals surface area contributed by atoms with Gasteiger partial charge in [0.05, 0.1) is 6.10 Å². The van der Waals surface area contributed by atoms with E-state index >= 15 is 0 Å². The number of hydrogen-bond donors (Lipinski definition) is 1. The summed E-state index contributed by atoms with van der Waals surface area (Å²) in [6.07, 6.45) is 4.12. The van der Waals surface area contributed by atoms with Gasteiger partial charge in [0, 0.05) is 11.5 Å². The predicted octanol–water partition coefficient (Wildman–Crippen LogP) is 6.59. The third-order valence-corrected chi connectivity index (χ3v) is 6.30. The number of aliphatic hydroxyl groups is 1. The lowest BCUT2D eigenvalue weighted by atomic mass is 9.82. The van der Waals surface area contributed by atoms with Crippen molar-refractivity contribution in [2.75, 3.05) is 0 Å². The highest BCUT2D eigenvalue weighted by atomic mass is 16.5. The number of hydrogen-bond acceptors (Lipinski definition) is 2. The van der Waals surface area contributed by atoms with Crippen LogP contribution < -0.4 is 4.74 Å². The fourth-order valence-corrected chi connectivity index (χ4v) is 4.73. The molecule has 0 saturated heterocycles. The van der Waals surface area contributed by atoms with Crippen LogP contribution in [-0.4, -0.2) is 11.2 Å². The number of benzene rings is 4. The first kappa shape index (κ1) is 18.2. The van der Waals surface area contributed by atoms with Gasteiger partial charge in [0.1, 0.15) is 12.4 Å². The van der Waals surface area contributed by atoms with Crippen molar-refractivity contribution in [3.05, 3.63) is 90.0 Å². The van der Waals surface area contributed by atoms with E-state index in [0.29, 0.717) is 6.61 Å². The largest absolute Gasteiger partial charge is 0.489 e. The normalized spacial score (nSPS) is 19.5. The summed E-state index contributed by atoms with van der Waals surface area (Å²) in [5.41, 5.74) is 2.45. The summed E-state index contributed by atoms with van der Waals surface area (Å²) in [4.78, 5) is 0. The molecule has 1 aliphatic carbocycles. The molecule has 2 atom stereocenters. The van der Waals surface area contributed by atoms with Gasteiger partial charge in [0.25, 0.3) is 0 Å². The summed E-state index contributed by atoms with van der Waals surface area (Å²) < 4.78 is 6.21. The second-order valence-electron chi connectivity index (χ2n) is 8.11. The molecular formula is C27H26O2. The van der Waals surface area contributed by atoms with Crippen molar-refractivity contribution in [3.63, 3.8) is 0 Å². The van der Waals surface area contributed by atoms with E-state index in [1.807, 2.05) is 12.1 Å². The van der Waals surface area contributed by atoms with Gasteiger partial charge in [-0.3, -0.25) is 0 Å². The zero-order valence-corrected chi connectivity index (χ0v) is 16.6. The fourth-order valence-electron chi connectivity index (χ4n) is 4.73. The van der Waals surface area contributed by atoms with Gasteiger partial charge in [-0.2, -0.15) is 0 Å². The average Bonchev–Trinajstić information content (AvgIpc) is 2.77. The fraction of sp³-hybridized carbons (Fsp3) is 0.259. The van der Waals surface area contributed by atoms with Crippen LogP contribution in [0, 0.1) is 0 Å². The summed E-state index contributed by atoms with van der Waals surface area (Å²) in [6, 6.07) is 27.6. The van der Waals surface area contributed by atoms with Gasteiger partial charge in [-0.15, -0.1) is 0 Å². The minimum Gasteiger partial charge on any atom is -0.489 e. The minimum atomic E-state index is -0.211. The molecule has 0 radical (unpaired) electrons. The Morgan fingerprint density at radius 2 is 1.38 bits per heavy atom. The average molecular weight is 383 g/mol. The van der Waals surface area contributed by atoms with E-state index in [1.165, 1.54) is 39.1 Å². The molecule has 0 bridgehead atoms. The molecule has 5 rings (SSSR count). The second-order valence-corrected chi connectivity index (χ2v) is 8.11. The highest BCUT2D eigenvalue weighted by Crippen LogP contribution is 2.34. The molecule has 4 aromatic carbocycles. The molecule has 0 aromatic heterocycles. The summed E-state index contributed by atoms with van der Waals surface area (Å²) in [5.74, 6) is 1.14. The molecule has 0 spiro atoms. The van der Waals surface area contributed by atoms with Gasteiger partial charge in [0.15, 0.2) is 0 Å². The standard InChI is InChI=1S/C27H26O2/c28-27-12-6-5-11-25(27)19-13-15-22(16-14-19)29-18-26-23-9-3-1-7-20(23)17-21-8-2-4-10-24(21)26/h1-4,7-10,13-17,25,27-28H,5-6,11-12,18H2/t25-,27+/m1/s1. The lowest BCUT2D eigenvalue weighted by molar-refractivity contribution is 0.106. The molecule has 1 N–H and O–H groups in total. The van der Waals surface area contributed by atoms with Crippen LogP contribution >= 0.6 is 0 Å². The molecule has 0 aliphatic heterocycles. The van der Waals surface area contributed by atoms with E-state index in [0.717, 1.165) is 25.0 Å². The van der Waals surface area contributed by atoms with E-state index in [2.05, 4.69) is 66.7 Å². The van der Waals surface area contributed by atoms with Gasteiger partial charge >= 0.3 is 0 Å². The van der Waals surface area contributed by atoms with Gasteiger partial charge in [-0.1, -0.05) is 73.5 Å². The monoisotopic (exact) mass is 382 g/mol. The highest BCUT2D eigenvalue weighted by molar-refractivity contribution is 6.02. The van der Waals surface area contributed by atoms with Crippen molar-refractivity contribution in [3.8, 4) is 5.75 Å². The van der Waals surface area contributed by atoms with Crippen molar-refractivity contribution in [1.82, 2.24) is 0 Å². The summed E-state index contributed by atoms with van der Waals surface area (Å²) >= 11 is 0. The predicted molar refractivity (Wildman–Crippen MR) is 119 cm³/mol. The Morgan fingerprint density at radius 1 is 0.759 bits per heavy atom. The summed E-state index contributed by atoms with van der Waals surface area (Å²) in [5, 5.41) is 15.3. The first-order chi connectivity index (χ1) is 14.3. The zero-order chi connectivity index (χ0) is 19.6. The Balaban J connectivity index is 1.41. The molecular weight excluding hydrogens is 356 g/mol. The van der Waals surface area contributed by atoms with E-state index in [-0.39, 0.29) is 12.0 Å². The van der Waals surface area contributed by atoms with Crippen molar-refractivity contribution >= 4 is 21.5 Å². The minimum absolute atomic E-state index is 0.211. The molecule has 1 aliphatic rings. The zero-order valence-electron chi connectivity index (χ0n) is 16.6. The van der Waals surface area contributed by atoms with Crippen molar-refractivity contribution in [2.24, 2.45) is 0 Å². The van der Waals surface area contributed by atoms with Crippen LogP contribution in [0.2, 0.25) is 0 Å². The van der Waals surface area contributed by atoms with Gasteiger partial charge in [-0.25, -0.2) is 0 Å². The van der Waals surface area contributed by atoms with E-state index in [9.17, 15) is 5.11 Å². The molecule has 4 aromatic rings. The Hall–Kier alpha value is -2.84. The maximum atomic E-state index is 10.3. The third-order valence-electron chi connectivity index (χ3n) is 6.30. The Kier molecular flexibility index (Phi) is 4.95. The quantitative estimate of drug-likeness (QED) is 0.403. The lowest BCUT2D eigenvalue weighted by Gasteiger charge is -2.28. The molecule has 0 unspecified atom stereocenters. The molecule has 0 amide bonds. The molecule has 0 heterocycles. The van der Waals surface area contributed by atoms with Gasteiger partial charge in [0.2, 0.25) is 0 Å². The molecule has 1 fully saturated rings. The van der Waals surface area contributed by atoms with Crippen LogP contribution in [-0.2, 0) is 6.61 Å². The number of aliphatic hydroxyl groups excluding tert-OH is 1. The topological polar surface area (TPSA) is 29.5 Å². The van der Waals surface area contributed by atoms with Crippen LogP contribution in [0.5, 0.6) is 5.75 Å². The molecule has 2 heteroatoms. The van der Waals surface area contributed by atoms with Crippen LogP contribution in [0.15, 0.2) is 78.9 Å². The molecule has 29 heavy (non-hydrogen) atoms. The molecule has 2 nitrogen and oxygen atoms in total. The van der Waals surface area contributed by atoms with Gasteiger partial charge in [-0.05, 0) is 58.1 Å². The van der Waals surface area contributed by atoms with Crippen LogP contribution in [0.4, 0.5) is 0 Å². The van der Waals surface area contributed by atoms with Crippen LogP contribution in [0.25, 0.3) is 21.5 Å². The first-order valence-corrected chi connectivity index (χ1v) is 10.6. The van der Waals surface area contributed by atoms with E-state index < -0.39 is 0 Å². The van der Waals surface area contributed by atoms with Crippen molar-refractivity contribution < 1.29 is 9.84 Å². The van der Waals surface area contributed by atoms with Gasteiger partial charge < -0.3 is 9.84 Å². The SMILES string of the molecule is O[C@H]1CCCC[C@@H]1c1ccc(OCc2c3ccccc3cc3ccccc23)cc1. The summed E-state index contributed by atoms with van der Waals surface area (Å²) in [6.45, 7) is 0.535. The van der Waals surface area contributed by atoms with Crippen LogP contribution in [0.1, 0.15) is 42.7 Å². The maximum Gasteiger partial charge on any atom is 0.119 e. The number of fused-ring (bicyclic) bond motifs is 2. The van der Waals surface area contributed by atoms with Crippen molar-refractivity contribution in [1.29, 1.82) is 0 Å². The Morgan fingerprint density at radius 3 is 2.03 bits per heavy atom. The lowest BCUT2D eigenvalue weighted by Crippen LogP contribution is -2.22. The van der Waals surface area contributed by atoms with E-state index in [1.54, 1.807) is 0 Å². The smallest absolute Gasteiger partial charge is 0.119 e. The maximum absolute atomic E-state index is 10.3. The Bertz CT molecular complexity index is 1080. The Labute approximate surface area is 171 Å². The van der Waals surface area contributed by atoms with Crippen molar-refractivity contribution in [2.45, 2.75) is 44.3 Å². The van der Waals surface area contributed by atoms with Crippen LogP contribution in [0.3, 0.4) is 0 Å². The molecule has 146 valence electrons. The highest BCUT2D eigenvalue weighted by Gasteiger charge is 2.24. The molecule has 1 saturated carbocycles. The number of rotatable bonds is 4.